The van der Waals surface area contributed by atoms with E-state index in [1.165, 1.54) is 6.07 Å². The van der Waals surface area contributed by atoms with Crippen LogP contribution < -0.4 is 5.32 Å². The summed E-state index contributed by atoms with van der Waals surface area (Å²) in [6.45, 7) is 0.340. The molecular weight excluding hydrogens is 265 g/mol. The summed E-state index contributed by atoms with van der Waals surface area (Å²) >= 11 is 5.98. The summed E-state index contributed by atoms with van der Waals surface area (Å²) in [7, 11) is 0. The van der Waals surface area contributed by atoms with Gasteiger partial charge in [0.05, 0.1) is 6.42 Å². The van der Waals surface area contributed by atoms with Gasteiger partial charge in [0.25, 0.3) is 0 Å². The molecule has 2 aromatic rings. The molecule has 1 N–H and O–H groups in total. The van der Waals surface area contributed by atoms with Crippen molar-refractivity contribution in [3.05, 3.63) is 70.5 Å². The van der Waals surface area contributed by atoms with E-state index in [0.29, 0.717) is 17.1 Å². The van der Waals surface area contributed by atoms with Crippen LogP contribution in [0, 0.1) is 5.82 Å². The Morgan fingerprint density at radius 3 is 2.37 bits per heavy atom. The predicted octanol–water partition coefficient (Wildman–Crippen LogP) is 3.34. The van der Waals surface area contributed by atoms with E-state index in [1.807, 2.05) is 18.2 Å². The van der Waals surface area contributed by atoms with Crippen LogP contribution in [0.4, 0.5) is 4.39 Å². The van der Waals surface area contributed by atoms with Crippen LogP contribution in [-0.4, -0.2) is 5.91 Å². The van der Waals surface area contributed by atoms with E-state index in [0.717, 1.165) is 5.56 Å². The van der Waals surface area contributed by atoms with Crippen LogP contribution in [0.3, 0.4) is 0 Å². The highest BCUT2D eigenvalue weighted by atomic mass is 35.5. The minimum absolute atomic E-state index is 0.0249. The van der Waals surface area contributed by atoms with E-state index < -0.39 is 0 Å². The number of benzene rings is 2. The molecule has 1 amide bonds. The molecule has 0 spiro atoms. The topological polar surface area (TPSA) is 29.1 Å². The van der Waals surface area contributed by atoms with Crippen LogP contribution in [0.15, 0.2) is 48.5 Å². The number of hydrogen-bond acceptors (Lipinski definition) is 1. The Morgan fingerprint density at radius 1 is 1.05 bits per heavy atom. The Kier molecular flexibility index (Phi) is 4.53. The smallest absolute Gasteiger partial charge is 0.224 e. The summed E-state index contributed by atoms with van der Waals surface area (Å²) in [5, 5.41) is 3.33. The lowest BCUT2D eigenvalue weighted by Gasteiger charge is -2.07. The first-order valence-corrected chi connectivity index (χ1v) is 6.28. The molecule has 0 saturated heterocycles. The van der Waals surface area contributed by atoms with Crippen LogP contribution in [0.2, 0.25) is 5.02 Å². The largest absolute Gasteiger partial charge is 0.352 e. The van der Waals surface area contributed by atoms with Gasteiger partial charge in [-0.1, -0.05) is 48.0 Å². The molecule has 2 rings (SSSR count). The highest BCUT2D eigenvalue weighted by Crippen LogP contribution is 2.14. The maximum Gasteiger partial charge on any atom is 0.224 e. The SMILES string of the molecule is O=C(Cc1ccccc1F)NCc1ccccc1Cl. The van der Waals surface area contributed by atoms with Gasteiger partial charge in [0.2, 0.25) is 5.91 Å². The molecule has 0 aliphatic carbocycles. The van der Waals surface area contributed by atoms with Gasteiger partial charge in [0.15, 0.2) is 0 Å². The Bertz CT molecular complexity index is 586. The van der Waals surface area contributed by atoms with Crippen LogP contribution in [0.1, 0.15) is 11.1 Å². The van der Waals surface area contributed by atoms with Gasteiger partial charge in [0, 0.05) is 11.6 Å². The van der Waals surface area contributed by atoms with E-state index in [1.54, 1.807) is 24.3 Å². The van der Waals surface area contributed by atoms with Crippen molar-refractivity contribution in [2.24, 2.45) is 0 Å². The van der Waals surface area contributed by atoms with Gasteiger partial charge in [-0.15, -0.1) is 0 Å². The zero-order valence-corrected chi connectivity index (χ0v) is 11.0. The fourth-order valence-electron chi connectivity index (χ4n) is 1.71. The molecule has 19 heavy (non-hydrogen) atoms. The summed E-state index contributed by atoms with van der Waals surface area (Å²) in [5.74, 6) is -0.597. The maximum atomic E-state index is 13.4. The van der Waals surface area contributed by atoms with Crippen molar-refractivity contribution in [1.82, 2.24) is 5.32 Å². The zero-order valence-electron chi connectivity index (χ0n) is 10.2. The van der Waals surface area contributed by atoms with Gasteiger partial charge >= 0.3 is 0 Å². The van der Waals surface area contributed by atoms with Gasteiger partial charge < -0.3 is 5.32 Å². The summed E-state index contributed by atoms with van der Waals surface area (Å²) < 4.78 is 13.4. The molecule has 4 heteroatoms. The summed E-state index contributed by atoms with van der Waals surface area (Å²) in [6, 6.07) is 13.5. The Balaban J connectivity index is 1.92. The normalized spacial score (nSPS) is 10.2. The van der Waals surface area contributed by atoms with Crippen LogP contribution in [0.5, 0.6) is 0 Å². The second-order valence-electron chi connectivity index (χ2n) is 4.14. The van der Waals surface area contributed by atoms with Gasteiger partial charge in [-0.2, -0.15) is 0 Å². The predicted molar refractivity (Wildman–Crippen MR) is 73.4 cm³/mol. The Labute approximate surface area is 116 Å². The van der Waals surface area contributed by atoms with Crippen molar-refractivity contribution in [2.75, 3.05) is 0 Å². The van der Waals surface area contributed by atoms with Crippen molar-refractivity contribution < 1.29 is 9.18 Å². The van der Waals surface area contributed by atoms with Crippen LogP contribution in [-0.2, 0) is 17.8 Å². The minimum Gasteiger partial charge on any atom is -0.352 e. The van der Waals surface area contributed by atoms with Gasteiger partial charge in [-0.3, -0.25) is 4.79 Å². The third kappa shape index (κ3) is 3.80. The van der Waals surface area contributed by atoms with E-state index in [4.69, 9.17) is 11.6 Å². The molecule has 0 fully saturated rings. The Hall–Kier alpha value is -1.87. The van der Waals surface area contributed by atoms with Crippen LogP contribution >= 0.6 is 11.6 Å². The molecule has 2 aromatic carbocycles. The lowest BCUT2D eigenvalue weighted by molar-refractivity contribution is -0.120. The summed E-state index contributed by atoms with van der Waals surface area (Å²) in [5.41, 5.74) is 1.23. The maximum absolute atomic E-state index is 13.4. The van der Waals surface area contributed by atoms with E-state index in [2.05, 4.69) is 5.32 Å². The number of amides is 1. The van der Waals surface area contributed by atoms with Gasteiger partial charge in [0.1, 0.15) is 5.82 Å². The molecule has 0 radical (unpaired) electrons. The first-order valence-electron chi connectivity index (χ1n) is 5.90. The number of rotatable bonds is 4. The molecule has 0 bridgehead atoms. The average Bonchev–Trinajstić information content (AvgIpc) is 2.40. The number of carbonyl (C=O) groups is 1. The zero-order chi connectivity index (χ0) is 13.7. The van der Waals surface area contributed by atoms with Crippen molar-refractivity contribution in [3.63, 3.8) is 0 Å². The number of nitrogens with one attached hydrogen (secondary N) is 1. The molecular formula is C15H13ClFNO. The van der Waals surface area contributed by atoms with Gasteiger partial charge in [-0.25, -0.2) is 4.39 Å². The van der Waals surface area contributed by atoms with Crippen molar-refractivity contribution in [3.8, 4) is 0 Å². The highest BCUT2D eigenvalue weighted by molar-refractivity contribution is 6.31. The fraction of sp³-hybridized carbons (Fsp3) is 0.133. The molecule has 0 atom stereocenters. The molecule has 0 aromatic heterocycles. The molecule has 0 aliphatic rings. The average molecular weight is 278 g/mol. The summed E-state index contributed by atoms with van der Waals surface area (Å²) in [6.07, 6.45) is 0.0249. The fourth-order valence-corrected chi connectivity index (χ4v) is 1.92. The lowest BCUT2D eigenvalue weighted by Crippen LogP contribution is -2.25. The van der Waals surface area contributed by atoms with E-state index in [9.17, 15) is 9.18 Å². The number of hydrogen-bond donors (Lipinski definition) is 1. The second-order valence-corrected chi connectivity index (χ2v) is 4.54. The molecule has 98 valence electrons. The van der Waals surface area contributed by atoms with Crippen LogP contribution in [0.25, 0.3) is 0 Å². The first-order chi connectivity index (χ1) is 9.16. The second kappa shape index (κ2) is 6.34. The molecule has 2 nitrogen and oxygen atoms in total. The van der Waals surface area contributed by atoms with Crippen molar-refractivity contribution in [2.45, 2.75) is 13.0 Å². The number of halogens is 2. The number of carbonyl (C=O) groups excluding carboxylic acids is 1. The van der Waals surface area contributed by atoms with E-state index in [-0.39, 0.29) is 18.1 Å². The quantitative estimate of drug-likeness (QED) is 0.912. The standard InChI is InChI=1S/C15H13ClFNO/c16-13-7-3-1-6-12(13)10-18-15(19)9-11-5-2-4-8-14(11)17/h1-8H,9-10H2,(H,18,19). The first kappa shape index (κ1) is 13.6. The van der Waals surface area contributed by atoms with Gasteiger partial charge in [-0.05, 0) is 23.3 Å². The molecule has 0 saturated carbocycles. The Morgan fingerprint density at radius 2 is 1.68 bits per heavy atom. The van der Waals surface area contributed by atoms with E-state index >= 15 is 0 Å². The van der Waals surface area contributed by atoms with Crippen molar-refractivity contribution >= 4 is 17.5 Å². The molecule has 0 aliphatic heterocycles. The minimum atomic E-state index is -0.365. The van der Waals surface area contributed by atoms with Crippen molar-refractivity contribution in [1.29, 1.82) is 0 Å². The third-order valence-electron chi connectivity index (χ3n) is 2.74. The lowest BCUT2D eigenvalue weighted by atomic mass is 10.1. The molecule has 0 heterocycles. The summed E-state index contributed by atoms with van der Waals surface area (Å²) in [4.78, 5) is 11.7. The molecule has 0 unspecified atom stereocenters. The highest BCUT2D eigenvalue weighted by Gasteiger charge is 2.08. The monoisotopic (exact) mass is 277 g/mol. The third-order valence-corrected chi connectivity index (χ3v) is 3.11.